The van der Waals surface area contributed by atoms with Crippen molar-refractivity contribution in [2.75, 3.05) is 0 Å². The first-order chi connectivity index (χ1) is 23.3. The molecule has 8 aromatic rings. The summed E-state index contributed by atoms with van der Waals surface area (Å²) < 4.78 is 0. The van der Waals surface area contributed by atoms with Crippen molar-refractivity contribution in [3.63, 3.8) is 0 Å². The summed E-state index contributed by atoms with van der Waals surface area (Å²) in [5.41, 5.74) is 13.0. The van der Waals surface area contributed by atoms with Gasteiger partial charge in [0.15, 0.2) is 0 Å². The highest BCUT2D eigenvalue weighted by atomic mass is 14.7. The van der Waals surface area contributed by atoms with Gasteiger partial charge in [0.05, 0.1) is 28.3 Å². The first kappa shape index (κ1) is 27.0. The van der Waals surface area contributed by atoms with Crippen molar-refractivity contribution in [2.45, 2.75) is 5.41 Å². The number of nitrogens with zero attached hydrogens (tertiary/aromatic N) is 2. The minimum atomic E-state index is -0.470. The van der Waals surface area contributed by atoms with Gasteiger partial charge in [0.25, 0.3) is 0 Å². The van der Waals surface area contributed by atoms with E-state index in [1.54, 1.807) is 0 Å². The maximum atomic E-state index is 9.31. The van der Waals surface area contributed by atoms with Gasteiger partial charge >= 0.3 is 0 Å². The number of benzene rings is 7. The van der Waals surface area contributed by atoms with Crippen LogP contribution in [0.2, 0.25) is 0 Å². The Morgan fingerprint density at radius 1 is 0.489 bits per heavy atom. The molecule has 218 valence electrons. The molecule has 0 saturated carbocycles. The zero-order valence-electron chi connectivity index (χ0n) is 25.6. The van der Waals surface area contributed by atoms with Crippen molar-refractivity contribution in [3.05, 3.63) is 198 Å². The highest BCUT2D eigenvalue weighted by Crippen LogP contribution is 2.58. The number of hydrogen-bond donors (Lipinski definition) is 0. The molecule has 0 bridgehead atoms. The highest BCUT2D eigenvalue weighted by Gasteiger charge is 2.46. The van der Waals surface area contributed by atoms with Gasteiger partial charge in [-0.15, -0.1) is 0 Å². The number of pyridine rings is 1. The number of aromatic nitrogens is 1. The Balaban J connectivity index is 1.39. The van der Waals surface area contributed by atoms with E-state index in [2.05, 4.69) is 152 Å². The molecule has 1 aliphatic carbocycles. The normalized spacial score (nSPS) is 12.8. The van der Waals surface area contributed by atoms with Gasteiger partial charge in [-0.25, -0.2) is 4.98 Å². The molecular formula is C45H28N2. The monoisotopic (exact) mass is 596 g/mol. The fourth-order valence-electron chi connectivity index (χ4n) is 7.78. The fraction of sp³-hybridized carbons (Fsp3) is 0.0222. The van der Waals surface area contributed by atoms with Crippen LogP contribution < -0.4 is 0 Å². The quantitative estimate of drug-likeness (QED) is 0.190. The number of rotatable bonds is 4. The van der Waals surface area contributed by atoms with Gasteiger partial charge < -0.3 is 0 Å². The average Bonchev–Trinajstić information content (AvgIpc) is 3.46. The molecule has 0 saturated heterocycles. The SMILES string of the molecule is N#Cc1ccc(-c2cccc(-c3nc4ccccc4c4c5c(ccc34)C(c3ccccc3)(c3ccccc3)c3ccccc3-5)c2)cc1. The van der Waals surface area contributed by atoms with Crippen LogP contribution in [-0.4, -0.2) is 4.98 Å². The van der Waals surface area contributed by atoms with Crippen molar-refractivity contribution in [1.82, 2.24) is 4.98 Å². The maximum Gasteiger partial charge on any atom is 0.0991 e. The molecule has 1 aromatic heterocycles. The van der Waals surface area contributed by atoms with Crippen LogP contribution in [0.4, 0.5) is 0 Å². The molecule has 2 heteroatoms. The molecule has 1 aliphatic rings. The van der Waals surface area contributed by atoms with E-state index in [1.165, 1.54) is 38.8 Å². The van der Waals surface area contributed by atoms with Crippen molar-refractivity contribution in [2.24, 2.45) is 0 Å². The third-order valence-corrected chi connectivity index (χ3v) is 9.77. The fourth-order valence-corrected chi connectivity index (χ4v) is 7.78. The summed E-state index contributed by atoms with van der Waals surface area (Å²) in [5, 5.41) is 12.8. The number of para-hydroxylation sites is 1. The van der Waals surface area contributed by atoms with E-state index in [0.717, 1.165) is 38.7 Å². The lowest BCUT2D eigenvalue weighted by Crippen LogP contribution is -2.28. The average molecular weight is 597 g/mol. The van der Waals surface area contributed by atoms with Crippen molar-refractivity contribution < 1.29 is 0 Å². The standard InChI is InChI=1S/C45H28N2/c46-29-30-22-24-31(25-23-30)32-12-11-13-33(28-32)44-38-26-27-40-43(42(38)37-19-8-10-21-41(37)47-44)36-18-7-9-20-39(36)45(40,34-14-3-1-4-15-34)35-16-5-2-6-17-35/h1-28H. The molecule has 0 aliphatic heterocycles. The van der Waals surface area contributed by atoms with E-state index < -0.39 is 5.41 Å². The van der Waals surface area contributed by atoms with Crippen LogP contribution in [0.3, 0.4) is 0 Å². The van der Waals surface area contributed by atoms with Gasteiger partial charge in [0, 0.05) is 21.7 Å². The molecule has 0 unspecified atom stereocenters. The van der Waals surface area contributed by atoms with Crippen molar-refractivity contribution in [1.29, 1.82) is 5.26 Å². The highest BCUT2D eigenvalue weighted by molar-refractivity contribution is 6.19. The second kappa shape index (κ2) is 10.7. The Hall–Kier alpha value is -6.30. The Morgan fingerprint density at radius 2 is 1.15 bits per heavy atom. The Morgan fingerprint density at radius 3 is 1.89 bits per heavy atom. The summed E-state index contributed by atoms with van der Waals surface area (Å²) in [6, 6.07) is 62.6. The van der Waals surface area contributed by atoms with Gasteiger partial charge in [0.2, 0.25) is 0 Å². The van der Waals surface area contributed by atoms with Gasteiger partial charge in [-0.1, -0.05) is 146 Å². The van der Waals surface area contributed by atoms with Gasteiger partial charge in [-0.3, -0.25) is 0 Å². The molecule has 0 spiro atoms. The molecule has 0 radical (unpaired) electrons. The van der Waals surface area contributed by atoms with E-state index in [-0.39, 0.29) is 0 Å². The summed E-state index contributed by atoms with van der Waals surface area (Å²) >= 11 is 0. The first-order valence-electron chi connectivity index (χ1n) is 16.0. The third kappa shape index (κ3) is 4.00. The molecule has 0 N–H and O–H groups in total. The minimum Gasteiger partial charge on any atom is -0.247 e. The van der Waals surface area contributed by atoms with E-state index in [0.29, 0.717) is 5.56 Å². The lowest BCUT2D eigenvalue weighted by Gasteiger charge is -2.34. The van der Waals surface area contributed by atoms with Crippen LogP contribution in [0.15, 0.2) is 170 Å². The predicted octanol–water partition coefficient (Wildman–Crippen LogP) is 11.0. The number of nitriles is 1. The van der Waals surface area contributed by atoms with Crippen LogP contribution in [0.5, 0.6) is 0 Å². The van der Waals surface area contributed by atoms with Crippen LogP contribution in [0.1, 0.15) is 27.8 Å². The summed E-state index contributed by atoms with van der Waals surface area (Å²) in [5.74, 6) is 0. The lowest BCUT2D eigenvalue weighted by atomic mass is 9.67. The van der Waals surface area contributed by atoms with Gasteiger partial charge in [0.1, 0.15) is 0 Å². The van der Waals surface area contributed by atoms with Crippen LogP contribution in [-0.2, 0) is 5.41 Å². The Bertz CT molecular complexity index is 2470. The second-order valence-corrected chi connectivity index (χ2v) is 12.2. The van der Waals surface area contributed by atoms with Crippen LogP contribution in [0.25, 0.3) is 55.2 Å². The van der Waals surface area contributed by atoms with E-state index in [1.807, 2.05) is 24.3 Å². The molecule has 7 aromatic carbocycles. The summed E-state index contributed by atoms with van der Waals surface area (Å²) in [6.07, 6.45) is 0. The number of fused-ring (bicyclic) bond motifs is 7. The molecule has 9 rings (SSSR count). The third-order valence-electron chi connectivity index (χ3n) is 9.77. The Kier molecular flexibility index (Phi) is 6.13. The molecule has 0 amide bonds. The maximum absolute atomic E-state index is 9.31. The van der Waals surface area contributed by atoms with E-state index >= 15 is 0 Å². The molecule has 1 heterocycles. The molecule has 0 fully saturated rings. The molecular weight excluding hydrogens is 569 g/mol. The number of hydrogen-bond acceptors (Lipinski definition) is 2. The Labute approximate surface area is 273 Å². The lowest BCUT2D eigenvalue weighted by molar-refractivity contribution is 0.769. The van der Waals surface area contributed by atoms with Crippen molar-refractivity contribution >= 4 is 21.7 Å². The largest absolute Gasteiger partial charge is 0.247 e. The van der Waals surface area contributed by atoms with Gasteiger partial charge in [-0.2, -0.15) is 5.26 Å². The van der Waals surface area contributed by atoms with E-state index in [4.69, 9.17) is 4.98 Å². The second-order valence-electron chi connectivity index (χ2n) is 12.2. The smallest absolute Gasteiger partial charge is 0.0991 e. The van der Waals surface area contributed by atoms with E-state index in [9.17, 15) is 5.26 Å². The molecule has 2 nitrogen and oxygen atoms in total. The summed E-state index contributed by atoms with van der Waals surface area (Å²) in [6.45, 7) is 0. The summed E-state index contributed by atoms with van der Waals surface area (Å²) in [7, 11) is 0. The van der Waals surface area contributed by atoms with Crippen molar-refractivity contribution in [3.8, 4) is 39.6 Å². The zero-order valence-corrected chi connectivity index (χ0v) is 25.6. The van der Waals surface area contributed by atoms with Crippen LogP contribution >= 0.6 is 0 Å². The minimum absolute atomic E-state index is 0.470. The topological polar surface area (TPSA) is 36.7 Å². The zero-order chi connectivity index (χ0) is 31.4. The van der Waals surface area contributed by atoms with Crippen LogP contribution in [0, 0.1) is 11.3 Å². The first-order valence-corrected chi connectivity index (χ1v) is 16.0. The molecule has 47 heavy (non-hydrogen) atoms. The molecule has 0 atom stereocenters. The summed E-state index contributed by atoms with van der Waals surface area (Å²) in [4.78, 5) is 5.33. The predicted molar refractivity (Wildman–Crippen MR) is 192 cm³/mol. The van der Waals surface area contributed by atoms with Gasteiger partial charge in [-0.05, 0) is 68.8 Å².